The molecule has 1 N–H and O–H groups in total. The van der Waals surface area contributed by atoms with Crippen molar-refractivity contribution in [2.45, 2.75) is 4.90 Å². The fourth-order valence-corrected chi connectivity index (χ4v) is 1.19. The molecule has 0 unspecified atom stereocenters. The molecule has 0 aliphatic heterocycles. The average Bonchev–Trinajstić information content (AvgIpc) is 1.86. The van der Waals surface area contributed by atoms with Gasteiger partial charge in [0, 0.05) is 0 Å². The van der Waals surface area contributed by atoms with Crippen molar-refractivity contribution in [1.82, 2.24) is 0 Å². The molecular weight excluding hydrogens is 163 g/mol. The monoisotopic (exact) mass is 170 g/mol. The van der Waals surface area contributed by atoms with E-state index in [1.807, 2.05) is 7.85 Å². The summed E-state index contributed by atoms with van der Waals surface area (Å²) in [5, 5.41) is 0. The van der Waals surface area contributed by atoms with E-state index in [0.29, 0.717) is 0 Å². The van der Waals surface area contributed by atoms with Crippen LogP contribution in [0, 0.1) is 0 Å². The molecule has 5 heteroatoms. The minimum absolute atomic E-state index is 0.0666. The summed E-state index contributed by atoms with van der Waals surface area (Å²) in [5.74, 6) is 0. The Labute approximate surface area is 66.2 Å². The summed E-state index contributed by atoms with van der Waals surface area (Å²) in [6, 6.07) is 5.99. The highest BCUT2D eigenvalue weighted by molar-refractivity contribution is 7.85. The largest absolute Gasteiger partial charge is 0.294 e. The minimum Gasteiger partial charge on any atom is -0.282 e. The molecule has 0 aliphatic carbocycles. The Bertz CT molecular complexity index is 341. The van der Waals surface area contributed by atoms with Crippen LogP contribution in [0.4, 0.5) is 0 Å². The smallest absolute Gasteiger partial charge is 0.282 e. The van der Waals surface area contributed by atoms with Gasteiger partial charge in [-0.3, -0.25) is 4.55 Å². The standard InChI is InChI=1S/C6H7BO3S/c7-5-1-3-6(4-2-5)11(8,9)10/h1-4H,7H2,(H,8,9,10). The summed E-state index contributed by atoms with van der Waals surface area (Å²) in [5.41, 5.74) is 0.956. The molecule has 1 rings (SSSR count). The van der Waals surface area contributed by atoms with Gasteiger partial charge in [-0.2, -0.15) is 8.42 Å². The first-order chi connectivity index (χ1) is 5.00. The Hall–Kier alpha value is -0.805. The van der Waals surface area contributed by atoms with Gasteiger partial charge in [0.25, 0.3) is 10.1 Å². The molecule has 0 heterocycles. The van der Waals surface area contributed by atoms with E-state index in [2.05, 4.69) is 0 Å². The van der Waals surface area contributed by atoms with E-state index in [4.69, 9.17) is 4.55 Å². The summed E-state index contributed by atoms with van der Waals surface area (Å²) in [6.07, 6.45) is 0. The van der Waals surface area contributed by atoms with E-state index in [0.717, 1.165) is 5.46 Å². The van der Waals surface area contributed by atoms with Gasteiger partial charge in [-0.25, -0.2) is 0 Å². The van der Waals surface area contributed by atoms with Crippen LogP contribution >= 0.6 is 0 Å². The summed E-state index contributed by atoms with van der Waals surface area (Å²) in [6.45, 7) is 0. The molecule has 0 fully saturated rings. The van der Waals surface area contributed by atoms with Crippen molar-refractivity contribution in [2.75, 3.05) is 0 Å². The average molecular weight is 170 g/mol. The summed E-state index contributed by atoms with van der Waals surface area (Å²) >= 11 is 0. The van der Waals surface area contributed by atoms with Gasteiger partial charge in [0.1, 0.15) is 7.85 Å². The third-order valence-electron chi connectivity index (χ3n) is 1.32. The van der Waals surface area contributed by atoms with Crippen molar-refractivity contribution in [2.24, 2.45) is 0 Å². The summed E-state index contributed by atoms with van der Waals surface area (Å²) in [7, 11) is -2.18. The van der Waals surface area contributed by atoms with Crippen molar-refractivity contribution in [1.29, 1.82) is 0 Å². The van der Waals surface area contributed by atoms with Gasteiger partial charge in [0.15, 0.2) is 0 Å². The van der Waals surface area contributed by atoms with Gasteiger partial charge in [-0.1, -0.05) is 17.6 Å². The third-order valence-corrected chi connectivity index (χ3v) is 2.19. The van der Waals surface area contributed by atoms with Gasteiger partial charge in [0.05, 0.1) is 4.90 Å². The molecule has 0 saturated heterocycles. The molecule has 0 bridgehead atoms. The molecule has 58 valence electrons. The molecule has 0 spiro atoms. The van der Waals surface area contributed by atoms with Crippen LogP contribution in [0.1, 0.15) is 0 Å². The Balaban J connectivity index is 3.20. The minimum atomic E-state index is -4.02. The van der Waals surface area contributed by atoms with Gasteiger partial charge < -0.3 is 0 Å². The van der Waals surface area contributed by atoms with Gasteiger partial charge in [0.2, 0.25) is 0 Å². The SMILES string of the molecule is Bc1ccc(S(=O)(=O)O)cc1. The van der Waals surface area contributed by atoms with Crippen molar-refractivity contribution >= 4 is 23.4 Å². The van der Waals surface area contributed by atoms with Crippen molar-refractivity contribution < 1.29 is 13.0 Å². The van der Waals surface area contributed by atoms with E-state index in [1.165, 1.54) is 12.1 Å². The van der Waals surface area contributed by atoms with Crippen LogP contribution in [0.2, 0.25) is 0 Å². The highest BCUT2D eigenvalue weighted by atomic mass is 32.2. The Morgan fingerprint density at radius 2 is 1.64 bits per heavy atom. The fourth-order valence-electron chi connectivity index (χ4n) is 0.710. The summed E-state index contributed by atoms with van der Waals surface area (Å²) < 4.78 is 29.6. The van der Waals surface area contributed by atoms with E-state index in [1.54, 1.807) is 12.1 Å². The van der Waals surface area contributed by atoms with Crippen LogP contribution in [0.25, 0.3) is 0 Å². The molecule has 0 radical (unpaired) electrons. The third kappa shape index (κ3) is 2.06. The molecule has 0 atom stereocenters. The lowest BCUT2D eigenvalue weighted by Gasteiger charge is -1.95. The van der Waals surface area contributed by atoms with Crippen LogP contribution in [0.5, 0.6) is 0 Å². The highest BCUT2D eigenvalue weighted by Crippen LogP contribution is 2.04. The molecule has 1 aromatic rings. The zero-order valence-corrected chi connectivity index (χ0v) is 6.80. The predicted molar refractivity (Wildman–Crippen MR) is 44.4 cm³/mol. The van der Waals surface area contributed by atoms with E-state index in [9.17, 15) is 8.42 Å². The molecular formula is C6H7BO3S. The van der Waals surface area contributed by atoms with Crippen molar-refractivity contribution in [3.8, 4) is 0 Å². The molecule has 0 saturated carbocycles. The quantitative estimate of drug-likeness (QED) is 0.443. The first-order valence-corrected chi connectivity index (χ1v) is 4.48. The lowest BCUT2D eigenvalue weighted by atomic mass is 9.97. The van der Waals surface area contributed by atoms with Crippen LogP contribution in [0.15, 0.2) is 29.2 Å². The molecule has 0 amide bonds. The molecule has 1 aromatic carbocycles. The van der Waals surface area contributed by atoms with Gasteiger partial charge in [-0.05, 0) is 12.1 Å². The first kappa shape index (κ1) is 8.29. The van der Waals surface area contributed by atoms with E-state index >= 15 is 0 Å². The molecule has 0 aromatic heterocycles. The lowest BCUT2D eigenvalue weighted by Crippen LogP contribution is -2.04. The van der Waals surface area contributed by atoms with Crippen LogP contribution in [0.3, 0.4) is 0 Å². The Kier molecular flexibility index (Phi) is 2.02. The zero-order valence-electron chi connectivity index (χ0n) is 5.98. The molecule has 0 aliphatic rings. The first-order valence-electron chi connectivity index (χ1n) is 3.04. The van der Waals surface area contributed by atoms with Crippen LogP contribution in [-0.4, -0.2) is 20.8 Å². The van der Waals surface area contributed by atoms with Crippen LogP contribution < -0.4 is 5.46 Å². The van der Waals surface area contributed by atoms with Crippen molar-refractivity contribution in [3.05, 3.63) is 24.3 Å². The maximum Gasteiger partial charge on any atom is 0.294 e. The lowest BCUT2D eigenvalue weighted by molar-refractivity contribution is 0.483. The molecule has 11 heavy (non-hydrogen) atoms. The maximum atomic E-state index is 10.5. The Morgan fingerprint density at radius 1 is 1.18 bits per heavy atom. The number of benzene rings is 1. The topological polar surface area (TPSA) is 54.4 Å². The number of rotatable bonds is 1. The summed E-state index contributed by atoms with van der Waals surface area (Å²) in [4.78, 5) is -0.0666. The molecule has 3 nitrogen and oxygen atoms in total. The normalized spacial score (nSPS) is 11.4. The van der Waals surface area contributed by atoms with Gasteiger partial charge in [-0.15, -0.1) is 0 Å². The second-order valence-electron chi connectivity index (χ2n) is 2.29. The van der Waals surface area contributed by atoms with Gasteiger partial charge >= 0.3 is 0 Å². The second kappa shape index (κ2) is 2.67. The zero-order chi connectivity index (χ0) is 8.48. The Morgan fingerprint density at radius 3 is 2.00 bits per heavy atom. The number of hydrogen-bond donors (Lipinski definition) is 1. The maximum absolute atomic E-state index is 10.5. The highest BCUT2D eigenvalue weighted by Gasteiger charge is 2.06. The van der Waals surface area contributed by atoms with Crippen molar-refractivity contribution in [3.63, 3.8) is 0 Å². The van der Waals surface area contributed by atoms with E-state index < -0.39 is 10.1 Å². The van der Waals surface area contributed by atoms with E-state index in [-0.39, 0.29) is 4.90 Å². The number of hydrogen-bond acceptors (Lipinski definition) is 2. The van der Waals surface area contributed by atoms with Crippen LogP contribution in [-0.2, 0) is 10.1 Å². The second-order valence-corrected chi connectivity index (χ2v) is 3.71. The predicted octanol–water partition coefficient (Wildman–Crippen LogP) is -0.808. The fraction of sp³-hybridized carbons (Fsp3) is 0.